The zero-order valence-electron chi connectivity index (χ0n) is 29.9. The SMILES string of the molecule is C#C.CC.CCc1cccc(CNC[C@@H](O)CNC)c1.Cc1cc(F)cc(F)c1.O=C[C@@H](CSCCC(F)(F)F)NC(=O)OCc1ccccc1. The Morgan fingerprint density at radius 2 is 1.53 bits per heavy atom. The normalized spacial score (nSPS) is 11.2. The van der Waals surface area contributed by atoms with Crippen molar-refractivity contribution < 1.29 is 41.4 Å². The summed E-state index contributed by atoms with van der Waals surface area (Å²) in [6.45, 7) is 9.92. The highest BCUT2D eigenvalue weighted by molar-refractivity contribution is 7.99. The summed E-state index contributed by atoms with van der Waals surface area (Å²) >= 11 is 0.948. The number of carbonyl (C=O) groups is 2. The van der Waals surface area contributed by atoms with Crippen LogP contribution in [0.25, 0.3) is 0 Å². The minimum absolute atomic E-state index is 0.0550. The summed E-state index contributed by atoms with van der Waals surface area (Å²) < 4.78 is 65.2. The molecule has 4 N–H and O–H groups in total. The van der Waals surface area contributed by atoms with Crippen LogP contribution in [0.3, 0.4) is 0 Å². The molecule has 284 valence electrons. The van der Waals surface area contributed by atoms with Gasteiger partial charge in [-0.25, -0.2) is 13.6 Å². The summed E-state index contributed by atoms with van der Waals surface area (Å²) in [5.74, 6) is -1.13. The number of hydrogen-bond donors (Lipinski definition) is 4. The maximum atomic E-state index is 12.2. The highest BCUT2D eigenvalue weighted by Gasteiger charge is 2.26. The fraction of sp³-hybridized carbons (Fsp3) is 0.421. The third kappa shape index (κ3) is 28.4. The molecule has 0 saturated heterocycles. The third-order valence-corrected chi connectivity index (χ3v) is 7.15. The first-order valence-electron chi connectivity index (χ1n) is 16.3. The number of alkyl halides is 3. The number of hydrogen-bond acceptors (Lipinski definition) is 7. The van der Waals surface area contributed by atoms with Crippen LogP contribution < -0.4 is 16.0 Å². The maximum absolute atomic E-state index is 12.2. The summed E-state index contributed by atoms with van der Waals surface area (Å²) in [4.78, 5) is 22.3. The van der Waals surface area contributed by atoms with Crippen LogP contribution in [-0.4, -0.2) is 67.5 Å². The van der Waals surface area contributed by atoms with Crippen LogP contribution in [0.2, 0.25) is 0 Å². The Morgan fingerprint density at radius 1 is 0.941 bits per heavy atom. The number of aliphatic hydroxyl groups excluding tert-OH is 1. The molecule has 0 aromatic heterocycles. The fourth-order valence-corrected chi connectivity index (χ4v) is 4.73. The van der Waals surface area contributed by atoms with Crippen molar-refractivity contribution in [1.82, 2.24) is 16.0 Å². The van der Waals surface area contributed by atoms with Crippen LogP contribution in [0.1, 0.15) is 49.4 Å². The van der Waals surface area contributed by atoms with Gasteiger partial charge in [-0.1, -0.05) is 75.4 Å². The first-order chi connectivity index (χ1) is 24.3. The first-order valence-corrected chi connectivity index (χ1v) is 17.4. The minimum Gasteiger partial charge on any atom is -0.445 e. The number of benzene rings is 3. The number of likely N-dealkylation sites (N-methyl/N-ethyl adjacent to an activating group) is 1. The molecular formula is C38H52F5N3O4S. The van der Waals surface area contributed by atoms with Gasteiger partial charge in [0.05, 0.1) is 18.6 Å². The lowest BCUT2D eigenvalue weighted by Gasteiger charge is -2.13. The number of aldehydes is 1. The van der Waals surface area contributed by atoms with Crippen molar-refractivity contribution in [2.75, 3.05) is 31.6 Å². The smallest absolute Gasteiger partial charge is 0.408 e. The lowest BCUT2D eigenvalue weighted by atomic mass is 10.1. The molecule has 0 bridgehead atoms. The van der Waals surface area contributed by atoms with Crippen LogP contribution in [0.4, 0.5) is 26.7 Å². The van der Waals surface area contributed by atoms with Gasteiger partial charge in [0.1, 0.15) is 24.5 Å². The number of amides is 1. The highest BCUT2D eigenvalue weighted by Crippen LogP contribution is 2.22. The molecule has 51 heavy (non-hydrogen) atoms. The van der Waals surface area contributed by atoms with Gasteiger partial charge in [0.2, 0.25) is 0 Å². The maximum Gasteiger partial charge on any atom is 0.408 e. The molecule has 3 aromatic carbocycles. The molecule has 1 amide bonds. The number of aryl methyl sites for hydroxylation is 2. The van der Waals surface area contributed by atoms with Crippen molar-refractivity contribution in [2.24, 2.45) is 0 Å². The Hall–Kier alpha value is -3.96. The molecule has 0 aliphatic heterocycles. The number of carbonyl (C=O) groups excluding carboxylic acids is 2. The standard InChI is InChI=1S/C14H16F3NO3S.C13H22N2O.C7H6F2.C2H6.C2H2/c15-14(16,17)6-7-22-10-12(8-19)18-13(20)21-9-11-4-2-1-3-5-11;1-3-11-5-4-6-12(7-11)8-15-10-13(16)9-14-2;1-5-2-6(8)4-7(9)3-5;2*1-2/h1-5,8,12H,6-7,9-10H2,(H,18,20);4-7,13-16H,3,8-10H2,1-2H3;2-4H,1H3;1-2H3;1-2H/t12-;13-;;;/m00.../s1. The summed E-state index contributed by atoms with van der Waals surface area (Å²) in [6, 6.07) is 20.0. The second kappa shape index (κ2) is 30.8. The first kappa shape index (κ1) is 49.2. The molecular weight excluding hydrogens is 689 g/mol. The quantitative estimate of drug-likeness (QED) is 0.0551. The highest BCUT2D eigenvalue weighted by atomic mass is 32.2. The number of alkyl carbamates (subject to hydrolysis) is 1. The zero-order chi connectivity index (χ0) is 39.1. The van der Waals surface area contributed by atoms with Crippen molar-refractivity contribution >= 4 is 24.1 Å². The van der Waals surface area contributed by atoms with E-state index in [1.807, 2.05) is 27.0 Å². The van der Waals surface area contributed by atoms with Crippen molar-refractivity contribution in [2.45, 2.75) is 72.0 Å². The molecule has 0 aliphatic rings. The van der Waals surface area contributed by atoms with E-state index < -0.39 is 36.4 Å². The summed E-state index contributed by atoms with van der Waals surface area (Å²) in [7, 11) is 1.84. The molecule has 3 aromatic rings. The van der Waals surface area contributed by atoms with Crippen molar-refractivity contribution in [1.29, 1.82) is 0 Å². The van der Waals surface area contributed by atoms with Gasteiger partial charge in [0, 0.05) is 37.2 Å². The number of rotatable bonds is 15. The third-order valence-electron chi connectivity index (χ3n) is 6.06. The van der Waals surface area contributed by atoms with Gasteiger partial charge in [0.15, 0.2) is 0 Å². The second-order valence-corrected chi connectivity index (χ2v) is 11.5. The van der Waals surface area contributed by atoms with Crippen molar-refractivity contribution in [3.63, 3.8) is 0 Å². The van der Waals surface area contributed by atoms with Crippen LogP contribution in [0.5, 0.6) is 0 Å². The molecule has 0 aliphatic carbocycles. The second-order valence-electron chi connectivity index (χ2n) is 10.4. The molecule has 0 fully saturated rings. The Bertz CT molecular complexity index is 1300. The molecule has 13 heteroatoms. The van der Waals surface area contributed by atoms with Gasteiger partial charge in [-0.05, 0) is 54.8 Å². The fourth-order valence-electron chi connectivity index (χ4n) is 3.77. The van der Waals surface area contributed by atoms with Gasteiger partial charge >= 0.3 is 12.3 Å². The predicted molar refractivity (Wildman–Crippen MR) is 197 cm³/mol. The van der Waals surface area contributed by atoms with E-state index in [9.17, 15) is 36.6 Å². The van der Waals surface area contributed by atoms with Crippen LogP contribution in [0, 0.1) is 31.4 Å². The van der Waals surface area contributed by atoms with E-state index in [0.29, 0.717) is 24.9 Å². The van der Waals surface area contributed by atoms with E-state index in [1.165, 1.54) is 23.3 Å². The van der Waals surface area contributed by atoms with Gasteiger partial charge in [-0.2, -0.15) is 24.9 Å². The van der Waals surface area contributed by atoms with Crippen LogP contribution in [-0.2, 0) is 29.1 Å². The molecule has 3 rings (SSSR count). The van der Waals surface area contributed by atoms with E-state index in [2.05, 4.69) is 60.0 Å². The van der Waals surface area contributed by atoms with Crippen LogP contribution in [0.15, 0.2) is 72.8 Å². The molecule has 0 saturated carbocycles. The molecule has 0 unspecified atom stereocenters. The topological polar surface area (TPSA) is 99.7 Å². The number of ether oxygens (including phenoxy) is 1. The minimum atomic E-state index is -4.22. The van der Waals surface area contributed by atoms with Gasteiger partial charge in [-0.15, -0.1) is 12.8 Å². The average Bonchev–Trinajstić information content (AvgIpc) is 3.10. The van der Waals surface area contributed by atoms with Gasteiger partial charge in [0.25, 0.3) is 0 Å². The van der Waals surface area contributed by atoms with Crippen molar-refractivity contribution in [3.8, 4) is 12.8 Å². The molecule has 7 nitrogen and oxygen atoms in total. The average molecular weight is 742 g/mol. The van der Waals surface area contributed by atoms with Crippen molar-refractivity contribution in [3.05, 3.63) is 107 Å². The lowest BCUT2D eigenvalue weighted by molar-refractivity contribution is -0.129. The number of thioether (sulfide) groups is 1. The molecule has 0 radical (unpaired) electrons. The van der Waals surface area contributed by atoms with E-state index >= 15 is 0 Å². The van der Waals surface area contributed by atoms with Gasteiger partial charge in [-0.3, -0.25) is 0 Å². The lowest BCUT2D eigenvalue weighted by Crippen LogP contribution is -2.38. The van der Waals surface area contributed by atoms with Crippen LogP contribution >= 0.6 is 11.8 Å². The number of aliphatic hydroxyl groups is 1. The number of terminal acetylenes is 1. The summed E-state index contributed by atoms with van der Waals surface area (Å²) in [6.07, 6.45) is 3.30. The van der Waals surface area contributed by atoms with E-state index in [0.717, 1.165) is 36.4 Å². The predicted octanol–water partition coefficient (Wildman–Crippen LogP) is 7.63. The number of nitrogens with one attached hydrogen (secondary N) is 3. The summed E-state index contributed by atoms with van der Waals surface area (Å²) in [5.41, 5.74) is 4.03. The Morgan fingerprint density at radius 3 is 2.06 bits per heavy atom. The Balaban J connectivity index is 0. The Kier molecular flexibility index (Phi) is 29.7. The zero-order valence-corrected chi connectivity index (χ0v) is 30.8. The van der Waals surface area contributed by atoms with E-state index in [-0.39, 0.29) is 24.2 Å². The summed E-state index contributed by atoms with van der Waals surface area (Å²) in [5, 5.41) is 18.0. The molecule has 0 heterocycles. The largest absolute Gasteiger partial charge is 0.445 e. The molecule has 2 atom stereocenters. The van der Waals surface area contributed by atoms with E-state index in [1.54, 1.807) is 31.2 Å². The Labute approximate surface area is 304 Å². The molecule has 0 spiro atoms. The van der Waals surface area contributed by atoms with Gasteiger partial charge < -0.3 is 30.6 Å². The van der Waals surface area contributed by atoms with E-state index in [4.69, 9.17) is 4.74 Å². The number of halogens is 5. The monoisotopic (exact) mass is 741 g/mol.